The van der Waals surface area contributed by atoms with Gasteiger partial charge >= 0.3 is 5.97 Å². The smallest absolute Gasteiger partial charge is 0.337 e. The number of carbonyl (C=O) groups is 1. The molecule has 2 nitrogen and oxygen atoms in total. The summed E-state index contributed by atoms with van der Waals surface area (Å²) in [5, 5.41) is 0. The van der Waals surface area contributed by atoms with Crippen LogP contribution in [0.25, 0.3) is 0 Å². The minimum atomic E-state index is -1.77. The van der Waals surface area contributed by atoms with Crippen molar-refractivity contribution in [3.05, 3.63) is 12.2 Å². The fourth-order valence-electron chi connectivity index (χ4n) is 0.239. The Bertz CT molecular complexity index is 159. The monoisotopic (exact) mass is 202 g/mol. The van der Waals surface area contributed by atoms with E-state index in [1.807, 2.05) is 0 Å². The van der Waals surface area contributed by atoms with Gasteiger partial charge in [-0.1, -0.05) is 41.4 Å². The Kier molecular flexibility index (Phi) is 3.49. The molecular weight excluding hydrogens is 198 g/mol. The summed E-state index contributed by atoms with van der Waals surface area (Å²) >= 11 is 15.9. The number of halogens is 3. The number of hydrogen-bond donors (Lipinski definition) is 0. The van der Waals surface area contributed by atoms with E-state index < -0.39 is 9.76 Å². The molecule has 0 heterocycles. The third kappa shape index (κ3) is 2.78. The van der Waals surface area contributed by atoms with Crippen molar-refractivity contribution < 1.29 is 9.53 Å². The lowest BCUT2D eigenvalue weighted by atomic mass is 10.3. The van der Waals surface area contributed by atoms with Gasteiger partial charge in [0, 0.05) is 0 Å². The minimum Gasteiger partial charge on any atom is -0.466 e. The van der Waals surface area contributed by atoms with Gasteiger partial charge < -0.3 is 4.74 Å². The minimum absolute atomic E-state index is 0.194. The summed E-state index contributed by atoms with van der Waals surface area (Å²) in [4.78, 5) is 10.6. The maximum Gasteiger partial charge on any atom is 0.337 e. The second-order valence-corrected chi connectivity index (χ2v) is 3.75. The van der Waals surface area contributed by atoms with Crippen LogP contribution in [0.2, 0.25) is 0 Å². The van der Waals surface area contributed by atoms with Crippen molar-refractivity contribution in [2.24, 2.45) is 0 Å². The highest BCUT2D eigenvalue weighted by Gasteiger charge is 2.30. The van der Waals surface area contributed by atoms with Crippen LogP contribution in [0.1, 0.15) is 0 Å². The first-order chi connectivity index (χ1) is 4.39. The largest absolute Gasteiger partial charge is 0.466 e. The topological polar surface area (TPSA) is 26.3 Å². The van der Waals surface area contributed by atoms with Gasteiger partial charge in [-0.25, -0.2) is 4.79 Å². The Morgan fingerprint density at radius 3 is 2.00 bits per heavy atom. The quantitative estimate of drug-likeness (QED) is 0.371. The normalized spacial score (nSPS) is 10.8. The van der Waals surface area contributed by atoms with E-state index >= 15 is 0 Å². The van der Waals surface area contributed by atoms with Gasteiger partial charge in [0.1, 0.15) is 0 Å². The van der Waals surface area contributed by atoms with E-state index in [-0.39, 0.29) is 5.57 Å². The molecule has 0 aliphatic carbocycles. The molecule has 10 heavy (non-hydrogen) atoms. The van der Waals surface area contributed by atoms with E-state index in [0.717, 1.165) is 0 Å². The fourth-order valence-corrected chi connectivity index (χ4v) is 0.470. The molecule has 0 saturated heterocycles. The molecule has 0 aromatic rings. The molecule has 0 atom stereocenters. The predicted molar refractivity (Wildman–Crippen MR) is 41.4 cm³/mol. The summed E-state index contributed by atoms with van der Waals surface area (Å²) in [7, 11) is 1.18. The highest BCUT2D eigenvalue weighted by atomic mass is 35.6. The van der Waals surface area contributed by atoms with Crippen LogP contribution in [0.4, 0.5) is 0 Å². The Balaban J connectivity index is 4.24. The van der Waals surface area contributed by atoms with Crippen molar-refractivity contribution >= 4 is 40.8 Å². The van der Waals surface area contributed by atoms with Crippen molar-refractivity contribution in [2.75, 3.05) is 7.11 Å². The molecule has 0 amide bonds. The summed E-state index contributed by atoms with van der Waals surface area (Å²) < 4.78 is 2.48. The molecule has 5 heteroatoms. The van der Waals surface area contributed by atoms with Gasteiger partial charge in [0.25, 0.3) is 0 Å². The Morgan fingerprint density at radius 1 is 1.50 bits per heavy atom. The Morgan fingerprint density at radius 2 is 1.90 bits per heavy atom. The summed E-state index contributed by atoms with van der Waals surface area (Å²) in [6.07, 6.45) is 0. The molecular formula is C5H5Cl3O2. The maximum absolute atomic E-state index is 10.6. The summed E-state index contributed by atoms with van der Waals surface area (Å²) in [6.45, 7) is 3.23. The number of rotatable bonds is 1. The number of hydrogen-bond acceptors (Lipinski definition) is 2. The molecule has 0 bridgehead atoms. The fraction of sp³-hybridized carbons (Fsp3) is 0.400. The first-order valence-electron chi connectivity index (χ1n) is 2.24. The van der Waals surface area contributed by atoms with Crippen LogP contribution in [-0.2, 0) is 9.53 Å². The van der Waals surface area contributed by atoms with Crippen molar-refractivity contribution in [1.29, 1.82) is 0 Å². The number of carbonyl (C=O) groups excluding carboxylic acids is 1. The van der Waals surface area contributed by atoms with Crippen LogP contribution in [0.15, 0.2) is 12.2 Å². The van der Waals surface area contributed by atoms with E-state index in [9.17, 15) is 4.79 Å². The van der Waals surface area contributed by atoms with Gasteiger partial charge in [-0.15, -0.1) is 0 Å². The average Bonchev–Trinajstić information content (AvgIpc) is 1.83. The molecule has 0 aliphatic rings. The highest BCUT2D eigenvalue weighted by molar-refractivity contribution is 6.70. The lowest BCUT2D eigenvalue weighted by molar-refractivity contribution is -0.136. The molecule has 0 aromatic heterocycles. The van der Waals surface area contributed by atoms with Crippen LogP contribution in [0.5, 0.6) is 0 Å². The van der Waals surface area contributed by atoms with Crippen molar-refractivity contribution in [3.8, 4) is 0 Å². The van der Waals surface area contributed by atoms with E-state index in [0.29, 0.717) is 0 Å². The molecule has 0 rings (SSSR count). The third-order valence-corrected chi connectivity index (χ3v) is 1.46. The van der Waals surface area contributed by atoms with E-state index in [2.05, 4.69) is 11.3 Å². The molecule has 0 fully saturated rings. The van der Waals surface area contributed by atoms with Gasteiger partial charge in [-0.05, 0) is 0 Å². The number of ether oxygens (including phenoxy) is 1. The highest BCUT2D eigenvalue weighted by Crippen LogP contribution is 2.33. The van der Waals surface area contributed by atoms with Crippen molar-refractivity contribution in [1.82, 2.24) is 0 Å². The molecule has 0 unspecified atom stereocenters. The van der Waals surface area contributed by atoms with Crippen LogP contribution < -0.4 is 0 Å². The zero-order valence-corrected chi connectivity index (χ0v) is 7.43. The summed E-state index contributed by atoms with van der Waals surface area (Å²) in [5.41, 5.74) is -0.194. The molecule has 0 spiro atoms. The van der Waals surface area contributed by atoms with E-state index in [1.165, 1.54) is 7.11 Å². The second-order valence-electron chi connectivity index (χ2n) is 1.47. The maximum atomic E-state index is 10.6. The van der Waals surface area contributed by atoms with Gasteiger partial charge in [0.05, 0.1) is 12.7 Å². The number of esters is 1. The standard InChI is InChI=1S/C5H5Cl3O2/c1-3(4(9)10-2)5(6,7)8/h1H2,2H3. The lowest BCUT2D eigenvalue weighted by Crippen LogP contribution is -2.16. The Hall–Kier alpha value is 0.0800. The SMILES string of the molecule is C=C(C(=O)OC)C(Cl)(Cl)Cl. The van der Waals surface area contributed by atoms with Gasteiger partial charge in [-0.2, -0.15) is 0 Å². The third-order valence-electron chi connectivity index (χ3n) is 0.774. The summed E-state index contributed by atoms with van der Waals surface area (Å²) in [6, 6.07) is 0. The number of alkyl halides is 3. The predicted octanol–water partition coefficient (Wildman–Crippen LogP) is 2.09. The zero-order chi connectivity index (χ0) is 8.36. The van der Waals surface area contributed by atoms with E-state index in [4.69, 9.17) is 34.8 Å². The Labute approximate surface area is 73.7 Å². The molecule has 0 saturated carbocycles. The second kappa shape index (κ2) is 3.46. The molecule has 0 aromatic carbocycles. The van der Waals surface area contributed by atoms with Crippen LogP contribution in [0, 0.1) is 0 Å². The van der Waals surface area contributed by atoms with Crippen LogP contribution in [-0.4, -0.2) is 16.9 Å². The molecule has 0 aliphatic heterocycles. The average molecular weight is 203 g/mol. The van der Waals surface area contributed by atoms with Gasteiger partial charge in [-0.3, -0.25) is 0 Å². The molecule has 0 N–H and O–H groups in total. The number of methoxy groups -OCH3 is 1. The van der Waals surface area contributed by atoms with E-state index in [1.54, 1.807) is 0 Å². The molecule has 58 valence electrons. The van der Waals surface area contributed by atoms with Crippen LogP contribution in [0.3, 0.4) is 0 Å². The lowest BCUT2D eigenvalue weighted by Gasteiger charge is -2.10. The first-order valence-corrected chi connectivity index (χ1v) is 3.37. The molecule has 0 radical (unpaired) electrons. The van der Waals surface area contributed by atoms with Crippen molar-refractivity contribution in [2.45, 2.75) is 3.79 Å². The first kappa shape index (κ1) is 10.1. The van der Waals surface area contributed by atoms with Gasteiger partial charge in [0.15, 0.2) is 0 Å². The van der Waals surface area contributed by atoms with Gasteiger partial charge in [0.2, 0.25) is 3.79 Å². The van der Waals surface area contributed by atoms with Crippen molar-refractivity contribution in [3.63, 3.8) is 0 Å². The summed E-state index contributed by atoms with van der Waals surface area (Å²) in [5.74, 6) is -0.722. The zero-order valence-electron chi connectivity index (χ0n) is 5.16. The van der Waals surface area contributed by atoms with Crippen LogP contribution >= 0.6 is 34.8 Å².